The maximum atomic E-state index is 6.03. The van der Waals surface area contributed by atoms with Gasteiger partial charge in [0.25, 0.3) is 0 Å². The molecular formula is C22H32N4O2S. The Hall–Kier alpha value is -1.96. The third-order valence-electron chi connectivity index (χ3n) is 4.90. The molecule has 2 N–H and O–H groups in total. The molecule has 7 heteroatoms. The fraction of sp³-hybridized carbons (Fsp3) is 0.545. The van der Waals surface area contributed by atoms with E-state index in [1.54, 1.807) is 18.4 Å². The highest BCUT2D eigenvalue weighted by Gasteiger charge is 2.14. The zero-order valence-electron chi connectivity index (χ0n) is 17.6. The molecule has 158 valence electrons. The van der Waals surface area contributed by atoms with Crippen molar-refractivity contribution >= 4 is 17.3 Å². The Morgan fingerprint density at radius 3 is 2.72 bits per heavy atom. The number of hydrogen-bond acceptors (Lipinski definition) is 5. The van der Waals surface area contributed by atoms with Crippen LogP contribution in [0.5, 0.6) is 0 Å². The normalized spacial score (nSPS) is 15.7. The van der Waals surface area contributed by atoms with Crippen LogP contribution < -0.4 is 10.6 Å². The number of benzene rings is 1. The molecule has 1 saturated heterocycles. The van der Waals surface area contributed by atoms with E-state index in [0.717, 1.165) is 42.7 Å². The molecule has 0 atom stereocenters. The first-order chi connectivity index (χ1) is 14.1. The van der Waals surface area contributed by atoms with E-state index in [0.29, 0.717) is 31.7 Å². The second-order valence-electron chi connectivity index (χ2n) is 7.54. The molecule has 0 radical (unpaired) electrons. The fourth-order valence-electron chi connectivity index (χ4n) is 3.12. The van der Waals surface area contributed by atoms with Gasteiger partial charge in [0.1, 0.15) is 5.01 Å². The lowest BCUT2D eigenvalue weighted by atomic mass is 10.1. The Bertz CT molecular complexity index is 785. The largest absolute Gasteiger partial charge is 0.381 e. The molecule has 1 aromatic carbocycles. The molecule has 0 aliphatic carbocycles. The van der Waals surface area contributed by atoms with Crippen LogP contribution in [0, 0.1) is 0 Å². The van der Waals surface area contributed by atoms with E-state index in [1.165, 1.54) is 11.1 Å². The van der Waals surface area contributed by atoms with E-state index < -0.39 is 0 Å². The third kappa shape index (κ3) is 7.10. The zero-order chi connectivity index (χ0) is 20.5. The van der Waals surface area contributed by atoms with E-state index in [2.05, 4.69) is 64.1 Å². The summed E-state index contributed by atoms with van der Waals surface area (Å²) < 4.78 is 11.4. The average molecular weight is 417 g/mol. The van der Waals surface area contributed by atoms with Gasteiger partial charge in [0.15, 0.2) is 5.96 Å². The second-order valence-corrected chi connectivity index (χ2v) is 8.49. The van der Waals surface area contributed by atoms with Crippen molar-refractivity contribution in [1.82, 2.24) is 15.6 Å². The van der Waals surface area contributed by atoms with E-state index in [-0.39, 0.29) is 0 Å². The van der Waals surface area contributed by atoms with E-state index in [9.17, 15) is 0 Å². The number of nitrogens with one attached hydrogen (secondary N) is 2. The molecule has 0 unspecified atom stereocenters. The summed E-state index contributed by atoms with van der Waals surface area (Å²) >= 11 is 1.69. The van der Waals surface area contributed by atoms with Crippen LogP contribution >= 0.6 is 11.3 Å². The van der Waals surface area contributed by atoms with Crippen LogP contribution in [-0.4, -0.2) is 37.3 Å². The maximum absolute atomic E-state index is 6.03. The smallest absolute Gasteiger partial charge is 0.191 e. The monoisotopic (exact) mass is 416 g/mol. The number of aliphatic imine (C=N–C) groups is 1. The first-order valence-corrected chi connectivity index (χ1v) is 11.2. The van der Waals surface area contributed by atoms with Gasteiger partial charge in [-0.1, -0.05) is 38.1 Å². The van der Waals surface area contributed by atoms with Gasteiger partial charge in [0.2, 0.25) is 0 Å². The Balaban J connectivity index is 1.44. The summed E-state index contributed by atoms with van der Waals surface area (Å²) in [5, 5.41) is 9.92. The molecule has 1 aliphatic heterocycles. The minimum Gasteiger partial charge on any atom is -0.381 e. The highest BCUT2D eigenvalue weighted by Crippen LogP contribution is 2.17. The molecule has 2 heterocycles. The predicted molar refractivity (Wildman–Crippen MR) is 118 cm³/mol. The molecule has 0 amide bonds. The SMILES string of the molecule is CN=C(NCc1cccc(COC2CCOCC2)c1)NCc1nc(C(C)C)cs1. The summed E-state index contributed by atoms with van der Waals surface area (Å²) in [4.78, 5) is 8.97. The third-order valence-corrected chi connectivity index (χ3v) is 5.76. The van der Waals surface area contributed by atoms with Crippen molar-refractivity contribution in [1.29, 1.82) is 0 Å². The van der Waals surface area contributed by atoms with Gasteiger partial charge in [-0.3, -0.25) is 4.99 Å². The number of thiazole rings is 1. The van der Waals surface area contributed by atoms with E-state index in [4.69, 9.17) is 9.47 Å². The predicted octanol–water partition coefficient (Wildman–Crippen LogP) is 3.83. The first kappa shape index (κ1) is 21.7. The van der Waals surface area contributed by atoms with Gasteiger partial charge in [-0.2, -0.15) is 0 Å². The zero-order valence-corrected chi connectivity index (χ0v) is 18.4. The van der Waals surface area contributed by atoms with Crippen LogP contribution in [-0.2, 0) is 29.2 Å². The highest BCUT2D eigenvalue weighted by atomic mass is 32.1. The molecule has 0 bridgehead atoms. The van der Waals surface area contributed by atoms with Crippen molar-refractivity contribution in [3.8, 4) is 0 Å². The van der Waals surface area contributed by atoms with Gasteiger partial charge in [0.05, 0.1) is 24.9 Å². The molecule has 3 rings (SSSR count). The van der Waals surface area contributed by atoms with Crippen molar-refractivity contribution in [3.63, 3.8) is 0 Å². The van der Waals surface area contributed by atoms with Crippen LogP contribution in [0.2, 0.25) is 0 Å². The van der Waals surface area contributed by atoms with E-state index in [1.807, 2.05) is 0 Å². The highest BCUT2D eigenvalue weighted by molar-refractivity contribution is 7.09. The molecule has 1 aliphatic rings. The van der Waals surface area contributed by atoms with Crippen molar-refractivity contribution in [2.24, 2.45) is 4.99 Å². The minimum absolute atomic E-state index is 0.315. The molecule has 29 heavy (non-hydrogen) atoms. The quantitative estimate of drug-likeness (QED) is 0.506. The van der Waals surface area contributed by atoms with E-state index >= 15 is 0 Å². The van der Waals surface area contributed by atoms with Crippen molar-refractivity contribution in [2.75, 3.05) is 20.3 Å². The Labute approximate surface area is 177 Å². The summed E-state index contributed by atoms with van der Waals surface area (Å²) in [5.41, 5.74) is 3.55. The summed E-state index contributed by atoms with van der Waals surface area (Å²) in [6, 6.07) is 8.51. The Morgan fingerprint density at radius 2 is 2.00 bits per heavy atom. The van der Waals surface area contributed by atoms with Crippen molar-refractivity contribution < 1.29 is 9.47 Å². The standard InChI is InChI=1S/C22H32N4O2S/c1-16(2)20-15-29-21(26-20)13-25-22(23-3)24-12-17-5-4-6-18(11-17)14-28-19-7-9-27-10-8-19/h4-6,11,15-16,19H,7-10,12-14H2,1-3H3,(H2,23,24,25). The number of ether oxygens (including phenoxy) is 2. The second kappa shape index (κ2) is 11.3. The number of nitrogens with zero attached hydrogens (tertiary/aromatic N) is 2. The van der Waals surface area contributed by atoms with Crippen molar-refractivity contribution in [2.45, 2.75) is 58.4 Å². The number of aromatic nitrogens is 1. The summed E-state index contributed by atoms with van der Waals surface area (Å²) in [7, 11) is 1.79. The van der Waals surface area contributed by atoms with Crippen LogP contribution in [0.1, 0.15) is 54.4 Å². The first-order valence-electron chi connectivity index (χ1n) is 10.3. The summed E-state index contributed by atoms with van der Waals surface area (Å²) in [6.07, 6.45) is 2.29. The van der Waals surface area contributed by atoms with Gasteiger partial charge in [-0.05, 0) is 29.9 Å². The van der Waals surface area contributed by atoms with Gasteiger partial charge in [-0.25, -0.2) is 4.98 Å². The summed E-state index contributed by atoms with van der Waals surface area (Å²) in [6.45, 7) is 7.97. The summed E-state index contributed by atoms with van der Waals surface area (Å²) in [5.74, 6) is 1.23. The Kier molecular flexibility index (Phi) is 8.46. The number of rotatable bonds is 8. The van der Waals surface area contributed by atoms with Crippen LogP contribution in [0.15, 0.2) is 34.6 Å². The number of hydrogen-bond donors (Lipinski definition) is 2. The van der Waals surface area contributed by atoms with Crippen LogP contribution in [0.25, 0.3) is 0 Å². The van der Waals surface area contributed by atoms with Gasteiger partial charge < -0.3 is 20.1 Å². The lowest BCUT2D eigenvalue weighted by Crippen LogP contribution is -2.36. The fourth-order valence-corrected chi connectivity index (χ4v) is 4.02. The van der Waals surface area contributed by atoms with Crippen LogP contribution in [0.4, 0.5) is 0 Å². The lowest BCUT2D eigenvalue weighted by Gasteiger charge is -2.22. The van der Waals surface area contributed by atoms with Gasteiger partial charge >= 0.3 is 0 Å². The number of guanidine groups is 1. The molecule has 1 fully saturated rings. The molecule has 6 nitrogen and oxygen atoms in total. The lowest BCUT2D eigenvalue weighted by molar-refractivity contribution is -0.0390. The topological polar surface area (TPSA) is 67.8 Å². The Morgan fingerprint density at radius 1 is 1.24 bits per heavy atom. The molecule has 2 aromatic rings. The van der Waals surface area contributed by atoms with Crippen LogP contribution in [0.3, 0.4) is 0 Å². The molecule has 1 aromatic heterocycles. The minimum atomic E-state index is 0.315. The maximum Gasteiger partial charge on any atom is 0.191 e. The average Bonchev–Trinajstić information content (AvgIpc) is 3.23. The van der Waals surface area contributed by atoms with Crippen molar-refractivity contribution in [3.05, 3.63) is 51.5 Å². The molecule has 0 spiro atoms. The van der Waals surface area contributed by atoms with Gasteiger partial charge in [-0.15, -0.1) is 11.3 Å². The molecular weight excluding hydrogens is 384 g/mol. The van der Waals surface area contributed by atoms with Gasteiger partial charge in [0, 0.05) is 32.2 Å². The molecule has 0 saturated carbocycles.